The molecule has 1 aromatic rings. The lowest BCUT2D eigenvalue weighted by Gasteiger charge is -2.09. The largest absolute Gasteiger partial charge is 0.351 e. The zero-order chi connectivity index (χ0) is 12.1. The second-order valence-corrected chi connectivity index (χ2v) is 3.49. The number of benzene rings is 1. The van der Waals surface area contributed by atoms with E-state index in [1.807, 2.05) is 12.2 Å². The number of urea groups is 1. The molecule has 0 aromatic heterocycles. The van der Waals surface area contributed by atoms with Crippen molar-refractivity contribution in [2.45, 2.75) is 26.2 Å². The molecule has 0 aliphatic rings. The Morgan fingerprint density at radius 3 is 2.69 bits per heavy atom. The molecule has 0 heterocycles. The number of nitrogens with one attached hydrogen (secondary N) is 1. The third kappa shape index (κ3) is 2.92. The topological polar surface area (TPSA) is 55.1 Å². The molecule has 0 unspecified atom stereocenters. The summed E-state index contributed by atoms with van der Waals surface area (Å²) in [6.45, 7) is 1.98. The Hall–Kier alpha value is -1.65. The van der Waals surface area contributed by atoms with E-state index in [0.717, 1.165) is 18.9 Å². The predicted molar refractivity (Wildman–Crippen MR) is 58.2 cm³/mol. The molecule has 0 aliphatic carbocycles. The molecule has 0 fully saturated rings. The normalized spacial score (nSPS) is 10.2. The Morgan fingerprint density at radius 1 is 1.44 bits per heavy atom. The standard InChI is InChI=1S/C11H14F2N2O/c1-2-3-4-7-5-6-8(12)10(9(7)13)15-11(14)16/h5-6H,2-4H2,1H3,(H3,14,15,16). The minimum atomic E-state index is -0.981. The summed E-state index contributed by atoms with van der Waals surface area (Å²) in [6.07, 6.45) is 2.23. The highest BCUT2D eigenvalue weighted by molar-refractivity contribution is 5.88. The Morgan fingerprint density at radius 2 is 2.12 bits per heavy atom. The lowest BCUT2D eigenvalue weighted by atomic mass is 10.1. The monoisotopic (exact) mass is 228 g/mol. The van der Waals surface area contributed by atoms with Crippen molar-refractivity contribution in [2.75, 3.05) is 5.32 Å². The molecule has 0 saturated heterocycles. The summed E-state index contributed by atoms with van der Waals surface area (Å²) in [5, 5.41) is 1.95. The van der Waals surface area contributed by atoms with Gasteiger partial charge in [-0.15, -0.1) is 0 Å². The highest BCUT2D eigenvalue weighted by Gasteiger charge is 2.14. The van der Waals surface area contributed by atoms with Gasteiger partial charge in [0.25, 0.3) is 0 Å². The Kier molecular flexibility index (Phi) is 4.22. The molecule has 0 radical (unpaired) electrons. The lowest BCUT2D eigenvalue weighted by Crippen LogP contribution is -2.21. The van der Waals surface area contributed by atoms with E-state index in [1.165, 1.54) is 6.07 Å². The fourth-order valence-corrected chi connectivity index (χ4v) is 1.39. The molecule has 0 atom stereocenters. The average Bonchev–Trinajstić information content (AvgIpc) is 2.23. The first-order chi connectivity index (χ1) is 7.56. The zero-order valence-corrected chi connectivity index (χ0v) is 9.02. The van der Waals surface area contributed by atoms with Crippen LogP contribution in [-0.4, -0.2) is 6.03 Å². The maximum Gasteiger partial charge on any atom is 0.316 e. The number of nitrogens with two attached hydrogens (primary N) is 1. The number of amides is 2. The van der Waals surface area contributed by atoms with Gasteiger partial charge < -0.3 is 11.1 Å². The van der Waals surface area contributed by atoms with Crippen LogP contribution in [0.15, 0.2) is 12.1 Å². The van der Waals surface area contributed by atoms with Gasteiger partial charge in [-0.2, -0.15) is 0 Å². The molecular weight excluding hydrogens is 214 g/mol. The van der Waals surface area contributed by atoms with Crippen molar-refractivity contribution in [3.63, 3.8) is 0 Å². The molecule has 0 bridgehead atoms. The lowest BCUT2D eigenvalue weighted by molar-refractivity contribution is 0.259. The van der Waals surface area contributed by atoms with Gasteiger partial charge in [0.15, 0.2) is 5.82 Å². The van der Waals surface area contributed by atoms with Crippen molar-refractivity contribution in [2.24, 2.45) is 5.73 Å². The summed E-state index contributed by atoms with van der Waals surface area (Å²) in [6, 6.07) is 1.52. The van der Waals surface area contributed by atoms with E-state index >= 15 is 0 Å². The molecule has 2 amide bonds. The number of hydrogen-bond donors (Lipinski definition) is 2. The van der Waals surface area contributed by atoms with Crippen molar-refractivity contribution >= 4 is 11.7 Å². The van der Waals surface area contributed by atoms with Gasteiger partial charge in [0.05, 0.1) is 0 Å². The Labute approximate surface area is 92.6 Å². The van der Waals surface area contributed by atoms with E-state index in [0.29, 0.717) is 12.0 Å². The number of anilines is 1. The predicted octanol–water partition coefficient (Wildman–Crippen LogP) is 2.80. The molecule has 1 aromatic carbocycles. The third-order valence-electron chi connectivity index (χ3n) is 2.22. The second-order valence-electron chi connectivity index (χ2n) is 3.49. The van der Waals surface area contributed by atoms with Gasteiger partial charge in [0, 0.05) is 0 Å². The fraction of sp³-hybridized carbons (Fsp3) is 0.364. The maximum atomic E-state index is 13.7. The van der Waals surface area contributed by atoms with Crippen LogP contribution in [0.4, 0.5) is 19.3 Å². The minimum absolute atomic E-state index is 0.381. The summed E-state index contributed by atoms with van der Waals surface area (Å²) in [5.74, 6) is -1.57. The Bertz CT molecular complexity index is 394. The number of carbonyl (C=O) groups is 1. The van der Waals surface area contributed by atoms with Crippen LogP contribution in [0.1, 0.15) is 25.3 Å². The SMILES string of the molecule is CCCCc1ccc(F)c(NC(N)=O)c1F. The molecule has 88 valence electrons. The highest BCUT2D eigenvalue weighted by atomic mass is 19.1. The van der Waals surface area contributed by atoms with Gasteiger partial charge in [0.1, 0.15) is 11.5 Å². The van der Waals surface area contributed by atoms with Gasteiger partial charge in [0.2, 0.25) is 0 Å². The summed E-state index contributed by atoms with van der Waals surface area (Å²) in [5.41, 5.74) is 4.74. The fourth-order valence-electron chi connectivity index (χ4n) is 1.39. The summed E-state index contributed by atoms with van der Waals surface area (Å²) in [7, 11) is 0. The van der Waals surface area contributed by atoms with Gasteiger partial charge in [-0.3, -0.25) is 0 Å². The van der Waals surface area contributed by atoms with E-state index in [4.69, 9.17) is 5.73 Å². The average molecular weight is 228 g/mol. The van der Waals surface area contributed by atoms with Crippen LogP contribution in [0, 0.1) is 11.6 Å². The van der Waals surface area contributed by atoms with Crippen molar-refractivity contribution in [3.05, 3.63) is 29.3 Å². The second kappa shape index (κ2) is 5.44. The number of rotatable bonds is 4. The molecular formula is C11H14F2N2O. The molecule has 0 spiro atoms. The third-order valence-corrected chi connectivity index (χ3v) is 2.22. The van der Waals surface area contributed by atoms with Crippen LogP contribution in [-0.2, 0) is 6.42 Å². The van der Waals surface area contributed by atoms with Gasteiger partial charge in [-0.25, -0.2) is 13.6 Å². The molecule has 0 saturated carbocycles. The van der Waals surface area contributed by atoms with Crippen molar-refractivity contribution in [1.82, 2.24) is 0 Å². The van der Waals surface area contributed by atoms with Crippen LogP contribution in [0.2, 0.25) is 0 Å². The summed E-state index contributed by atoms with van der Waals surface area (Å²) in [4.78, 5) is 10.6. The molecule has 3 N–H and O–H groups in total. The van der Waals surface area contributed by atoms with Gasteiger partial charge in [-0.05, 0) is 24.5 Å². The van der Waals surface area contributed by atoms with E-state index < -0.39 is 23.4 Å². The minimum Gasteiger partial charge on any atom is -0.351 e. The van der Waals surface area contributed by atoms with Crippen LogP contribution in [0.5, 0.6) is 0 Å². The van der Waals surface area contributed by atoms with Crippen LogP contribution >= 0.6 is 0 Å². The van der Waals surface area contributed by atoms with E-state index in [-0.39, 0.29) is 0 Å². The molecule has 5 heteroatoms. The van der Waals surface area contributed by atoms with Gasteiger partial charge >= 0.3 is 6.03 Å². The van der Waals surface area contributed by atoms with Crippen LogP contribution in [0.25, 0.3) is 0 Å². The molecule has 0 aliphatic heterocycles. The number of carbonyl (C=O) groups excluding carboxylic acids is 1. The first-order valence-electron chi connectivity index (χ1n) is 5.09. The summed E-state index contributed by atoms with van der Waals surface area (Å²) >= 11 is 0. The Balaban J connectivity index is 3.01. The van der Waals surface area contributed by atoms with Crippen molar-refractivity contribution in [3.8, 4) is 0 Å². The van der Waals surface area contributed by atoms with E-state index in [2.05, 4.69) is 0 Å². The van der Waals surface area contributed by atoms with Crippen LogP contribution in [0.3, 0.4) is 0 Å². The molecule has 3 nitrogen and oxygen atoms in total. The number of primary amides is 1. The quantitative estimate of drug-likeness (QED) is 0.818. The van der Waals surface area contributed by atoms with Crippen molar-refractivity contribution in [1.29, 1.82) is 0 Å². The smallest absolute Gasteiger partial charge is 0.316 e. The first-order valence-corrected chi connectivity index (χ1v) is 5.09. The highest BCUT2D eigenvalue weighted by Crippen LogP contribution is 2.23. The zero-order valence-electron chi connectivity index (χ0n) is 9.02. The summed E-state index contributed by atoms with van der Waals surface area (Å²) < 4.78 is 26.9. The first kappa shape index (κ1) is 12.4. The van der Waals surface area contributed by atoms with Crippen molar-refractivity contribution < 1.29 is 13.6 Å². The van der Waals surface area contributed by atoms with Gasteiger partial charge in [-0.1, -0.05) is 19.4 Å². The maximum absolute atomic E-state index is 13.7. The molecule has 16 heavy (non-hydrogen) atoms. The molecule has 1 rings (SSSR count). The van der Waals surface area contributed by atoms with E-state index in [9.17, 15) is 13.6 Å². The van der Waals surface area contributed by atoms with E-state index in [1.54, 1.807) is 0 Å². The number of hydrogen-bond acceptors (Lipinski definition) is 1. The van der Waals surface area contributed by atoms with Crippen LogP contribution < -0.4 is 11.1 Å². The number of aryl methyl sites for hydroxylation is 1. The number of unbranched alkanes of at least 4 members (excludes halogenated alkanes) is 1. The number of halogens is 2.